The third kappa shape index (κ3) is 3.06. The summed E-state index contributed by atoms with van der Waals surface area (Å²) in [5, 5.41) is 32.9. The summed E-state index contributed by atoms with van der Waals surface area (Å²) in [6.45, 7) is 0. The molecular weight excluding hydrogens is 374 g/mol. The highest BCUT2D eigenvalue weighted by atomic mass is 32.1. The van der Waals surface area contributed by atoms with Crippen LogP contribution in [-0.4, -0.2) is 36.1 Å². The van der Waals surface area contributed by atoms with Gasteiger partial charge in [-0.25, -0.2) is 0 Å². The number of hydrogen-bond donors (Lipinski definition) is 0. The highest BCUT2D eigenvalue weighted by molar-refractivity contribution is 7.20. The van der Waals surface area contributed by atoms with E-state index < -0.39 is 31.1 Å². The minimum Gasteiger partial charge on any atom is -0.496 e. The van der Waals surface area contributed by atoms with Crippen molar-refractivity contribution in [3.63, 3.8) is 0 Å². The molecule has 26 heavy (non-hydrogen) atoms. The molecule has 0 amide bonds. The van der Waals surface area contributed by atoms with Crippen LogP contribution in [0.5, 0.6) is 17.2 Å². The van der Waals surface area contributed by atoms with Gasteiger partial charge in [-0.1, -0.05) is 0 Å². The molecule has 1 aromatic carbocycles. The molecule has 0 unspecified atom stereocenters. The van der Waals surface area contributed by atoms with Crippen LogP contribution in [0.15, 0.2) is 12.1 Å². The summed E-state index contributed by atoms with van der Waals surface area (Å²) in [6, 6.07) is 2.75. The summed E-state index contributed by atoms with van der Waals surface area (Å²) in [7, 11) is 3.90. The Morgan fingerprint density at radius 1 is 0.808 bits per heavy atom. The molecule has 0 bridgehead atoms. The highest BCUT2D eigenvalue weighted by Crippen LogP contribution is 2.55. The second-order valence-electron chi connectivity index (χ2n) is 4.61. The van der Waals surface area contributed by atoms with E-state index in [0.717, 1.165) is 0 Å². The number of nitro groups is 3. The zero-order chi connectivity index (χ0) is 19.6. The lowest BCUT2D eigenvalue weighted by Gasteiger charge is -2.13. The maximum absolute atomic E-state index is 11.5. The largest absolute Gasteiger partial charge is 0.496 e. The van der Waals surface area contributed by atoms with Gasteiger partial charge in [-0.05, 0) is 11.3 Å². The van der Waals surface area contributed by atoms with Crippen molar-refractivity contribution in [2.75, 3.05) is 21.3 Å². The maximum Gasteiger partial charge on any atom is 0.435 e. The van der Waals surface area contributed by atoms with E-state index in [-0.39, 0.29) is 21.9 Å². The smallest absolute Gasteiger partial charge is 0.435 e. The molecule has 0 spiro atoms. The first-order valence-corrected chi connectivity index (χ1v) is 7.48. The number of hydrogen-bond acceptors (Lipinski definition) is 10. The van der Waals surface area contributed by atoms with Gasteiger partial charge in [0.05, 0.1) is 41.7 Å². The molecule has 0 aliphatic carbocycles. The lowest BCUT2D eigenvalue weighted by molar-refractivity contribution is -0.437. The van der Waals surface area contributed by atoms with E-state index in [2.05, 4.69) is 0 Å². The Labute approximate surface area is 149 Å². The standard InChI is InChI=1S/C13H11N3O9S/c1-23-6-4-7(24-2)9(8(5-6)25-3)12-10(14(17)18)11(15(19)20)13(26-12)16(21)22/h4-5H,1-3H3. The highest BCUT2D eigenvalue weighted by Gasteiger charge is 2.45. The summed E-state index contributed by atoms with van der Waals surface area (Å²) < 4.78 is 15.4. The van der Waals surface area contributed by atoms with Gasteiger partial charge in [-0.3, -0.25) is 30.3 Å². The lowest BCUT2D eigenvalue weighted by atomic mass is 10.1. The second-order valence-corrected chi connectivity index (χ2v) is 5.61. The van der Waals surface area contributed by atoms with E-state index in [1.807, 2.05) is 0 Å². The molecule has 0 N–H and O–H groups in total. The molecule has 1 heterocycles. The minimum absolute atomic E-state index is 0.0244. The first kappa shape index (κ1) is 18.9. The predicted octanol–water partition coefficient (Wildman–Crippen LogP) is 3.17. The fourth-order valence-corrected chi connectivity index (χ4v) is 3.37. The number of thiophene rings is 1. The van der Waals surface area contributed by atoms with Crippen LogP contribution in [0.25, 0.3) is 10.4 Å². The van der Waals surface area contributed by atoms with Gasteiger partial charge in [0.2, 0.25) is 0 Å². The summed E-state index contributed by atoms with van der Waals surface area (Å²) in [5.41, 5.74) is -2.22. The van der Waals surface area contributed by atoms with E-state index in [1.165, 1.54) is 33.5 Å². The molecule has 0 aliphatic rings. The Kier molecular flexibility index (Phi) is 5.21. The molecule has 0 atom stereocenters. The van der Waals surface area contributed by atoms with Crippen molar-refractivity contribution < 1.29 is 29.0 Å². The number of benzene rings is 1. The van der Waals surface area contributed by atoms with Crippen LogP contribution in [-0.2, 0) is 0 Å². The van der Waals surface area contributed by atoms with Gasteiger partial charge < -0.3 is 14.2 Å². The Morgan fingerprint density at radius 2 is 1.31 bits per heavy atom. The minimum atomic E-state index is -1.19. The number of ether oxygens (including phenoxy) is 3. The molecule has 0 radical (unpaired) electrons. The van der Waals surface area contributed by atoms with Gasteiger partial charge >= 0.3 is 16.4 Å². The van der Waals surface area contributed by atoms with Crippen molar-refractivity contribution in [1.29, 1.82) is 0 Å². The quantitative estimate of drug-likeness (QED) is 0.515. The molecule has 12 nitrogen and oxygen atoms in total. The molecule has 0 saturated heterocycles. The Morgan fingerprint density at radius 3 is 1.65 bits per heavy atom. The molecule has 138 valence electrons. The molecular formula is C13H11N3O9S. The van der Waals surface area contributed by atoms with Crippen LogP contribution in [0.1, 0.15) is 0 Å². The van der Waals surface area contributed by atoms with Crippen LogP contribution in [0.3, 0.4) is 0 Å². The Bertz CT molecular complexity index is 884. The Hall–Kier alpha value is -3.48. The van der Waals surface area contributed by atoms with Gasteiger partial charge in [-0.2, -0.15) is 0 Å². The van der Waals surface area contributed by atoms with E-state index in [4.69, 9.17) is 14.2 Å². The summed E-state index contributed by atoms with van der Waals surface area (Å²) in [6.07, 6.45) is 0. The average Bonchev–Trinajstić information content (AvgIpc) is 3.01. The molecule has 2 rings (SSSR count). The van der Waals surface area contributed by atoms with Gasteiger partial charge in [0.25, 0.3) is 0 Å². The summed E-state index contributed by atoms with van der Waals surface area (Å²) in [4.78, 5) is 30.3. The van der Waals surface area contributed by atoms with Crippen LogP contribution < -0.4 is 14.2 Å². The van der Waals surface area contributed by atoms with E-state index in [1.54, 1.807) is 0 Å². The van der Waals surface area contributed by atoms with Crippen LogP contribution in [0, 0.1) is 30.3 Å². The van der Waals surface area contributed by atoms with E-state index >= 15 is 0 Å². The molecule has 0 aliphatic heterocycles. The monoisotopic (exact) mass is 385 g/mol. The Balaban J connectivity index is 2.97. The lowest BCUT2D eigenvalue weighted by Crippen LogP contribution is -1.99. The summed E-state index contributed by atoms with van der Waals surface area (Å²) in [5.74, 6) is 0.372. The van der Waals surface area contributed by atoms with Crippen molar-refractivity contribution >= 4 is 27.7 Å². The normalized spacial score (nSPS) is 10.3. The number of rotatable bonds is 7. The fourth-order valence-electron chi connectivity index (χ4n) is 2.26. The van der Waals surface area contributed by atoms with Crippen molar-refractivity contribution in [3.8, 4) is 27.7 Å². The first-order valence-electron chi connectivity index (χ1n) is 6.67. The first-order chi connectivity index (χ1) is 12.3. The zero-order valence-electron chi connectivity index (χ0n) is 13.6. The van der Waals surface area contributed by atoms with E-state index in [0.29, 0.717) is 17.1 Å². The average molecular weight is 385 g/mol. The van der Waals surface area contributed by atoms with Crippen LogP contribution >= 0.6 is 11.3 Å². The summed E-state index contributed by atoms with van der Waals surface area (Å²) >= 11 is 0.293. The molecule has 13 heteroatoms. The topological polar surface area (TPSA) is 157 Å². The fraction of sp³-hybridized carbons (Fsp3) is 0.231. The van der Waals surface area contributed by atoms with Gasteiger partial charge in [0, 0.05) is 12.1 Å². The van der Waals surface area contributed by atoms with Crippen molar-refractivity contribution in [2.45, 2.75) is 0 Å². The third-order valence-electron chi connectivity index (χ3n) is 3.31. The van der Waals surface area contributed by atoms with Crippen molar-refractivity contribution in [1.82, 2.24) is 0 Å². The van der Waals surface area contributed by atoms with Gasteiger partial charge in [0.1, 0.15) is 22.1 Å². The van der Waals surface area contributed by atoms with Crippen LogP contribution in [0.2, 0.25) is 0 Å². The van der Waals surface area contributed by atoms with Crippen molar-refractivity contribution in [3.05, 3.63) is 42.5 Å². The van der Waals surface area contributed by atoms with Crippen LogP contribution in [0.4, 0.5) is 16.4 Å². The molecule has 0 saturated carbocycles. The molecule has 1 aromatic heterocycles. The zero-order valence-corrected chi connectivity index (χ0v) is 14.4. The predicted molar refractivity (Wildman–Crippen MR) is 89.4 cm³/mol. The molecule has 0 fully saturated rings. The third-order valence-corrected chi connectivity index (χ3v) is 4.45. The maximum atomic E-state index is 11.5. The SMILES string of the molecule is COc1cc(OC)c(-c2sc([N+](=O)[O-])c([N+](=O)[O-])c2[N+](=O)[O-])c(OC)c1. The second kappa shape index (κ2) is 7.18. The number of nitrogens with zero attached hydrogens (tertiary/aromatic N) is 3. The number of methoxy groups -OCH3 is 3. The molecule has 2 aromatic rings. The van der Waals surface area contributed by atoms with Gasteiger partial charge in [-0.15, -0.1) is 0 Å². The van der Waals surface area contributed by atoms with E-state index in [9.17, 15) is 30.3 Å². The van der Waals surface area contributed by atoms with Crippen molar-refractivity contribution in [2.24, 2.45) is 0 Å². The van der Waals surface area contributed by atoms with Gasteiger partial charge in [0.15, 0.2) is 0 Å².